The Bertz CT molecular complexity index is 2850. The fraction of sp³-hybridized carbons (Fsp3) is 0.0370. The second kappa shape index (κ2) is 13.9. The van der Waals surface area contributed by atoms with Crippen molar-refractivity contribution in [1.82, 2.24) is 9.13 Å². The SMILES string of the molecule is Cc1cc(-n2c(-c3ccccc3)c(-c3ccccc3)c(-c3ccccc3)c2-c2ccccc2)ccc1-c1ccc(-n2c3ccccc3c3ccccc32)cc1C. The van der Waals surface area contributed by atoms with E-state index < -0.39 is 0 Å². The molecule has 2 nitrogen and oxygen atoms in total. The Morgan fingerprint density at radius 3 is 1.04 bits per heavy atom. The Kier molecular flexibility index (Phi) is 8.30. The highest BCUT2D eigenvalue weighted by molar-refractivity contribution is 6.09. The fourth-order valence-electron chi connectivity index (χ4n) is 8.72. The minimum Gasteiger partial charge on any atom is -0.309 e. The zero-order chi connectivity index (χ0) is 37.6. The summed E-state index contributed by atoms with van der Waals surface area (Å²) in [7, 11) is 0. The molecule has 8 aromatic carbocycles. The van der Waals surface area contributed by atoms with Crippen molar-refractivity contribution in [2.24, 2.45) is 0 Å². The molecule has 0 spiro atoms. The third-order valence-electron chi connectivity index (χ3n) is 11.2. The van der Waals surface area contributed by atoms with Gasteiger partial charge in [-0.1, -0.05) is 170 Å². The molecule has 0 atom stereocenters. The summed E-state index contributed by atoms with van der Waals surface area (Å²) in [6.45, 7) is 4.49. The topological polar surface area (TPSA) is 9.86 Å². The van der Waals surface area contributed by atoms with E-state index in [1.165, 1.54) is 94.5 Å². The molecule has 0 radical (unpaired) electrons. The predicted molar refractivity (Wildman–Crippen MR) is 237 cm³/mol. The Morgan fingerprint density at radius 1 is 0.304 bits per heavy atom. The van der Waals surface area contributed by atoms with Gasteiger partial charge in [0.2, 0.25) is 0 Å². The van der Waals surface area contributed by atoms with Gasteiger partial charge >= 0.3 is 0 Å². The Morgan fingerprint density at radius 2 is 0.643 bits per heavy atom. The maximum atomic E-state index is 2.50. The van der Waals surface area contributed by atoms with E-state index in [1.54, 1.807) is 0 Å². The largest absolute Gasteiger partial charge is 0.309 e. The molecule has 266 valence electrons. The molecule has 10 rings (SSSR count). The smallest absolute Gasteiger partial charge is 0.0619 e. The molecule has 0 aliphatic carbocycles. The quantitative estimate of drug-likeness (QED) is 0.155. The van der Waals surface area contributed by atoms with Crippen LogP contribution in [-0.4, -0.2) is 9.13 Å². The molecule has 0 fully saturated rings. The molecule has 10 aromatic rings. The van der Waals surface area contributed by atoms with E-state index in [1.807, 2.05) is 0 Å². The van der Waals surface area contributed by atoms with Gasteiger partial charge in [0.25, 0.3) is 0 Å². The van der Waals surface area contributed by atoms with Crippen molar-refractivity contribution < 1.29 is 0 Å². The molecule has 0 amide bonds. The lowest BCUT2D eigenvalue weighted by Crippen LogP contribution is -2.02. The van der Waals surface area contributed by atoms with Crippen LogP contribution in [0.5, 0.6) is 0 Å². The highest BCUT2D eigenvalue weighted by Gasteiger charge is 2.28. The van der Waals surface area contributed by atoms with Crippen LogP contribution in [0.25, 0.3) is 89.1 Å². The maximum absolute atomic E-state index is 2.50. The van der Waals surface area contributed by atoms with Crippen molar-refractivity contribution in [3.05, 3.63) is 217 Å². The number of benzene rings is 8. The van der Waals surface area contributed by atoms with E-state index >= 15 is 0 Å². The summed E-state index contributed by atoms with van der Waals surface area (Å²) in [6.07, 6.45) is 0. The van der Waals surface area contributed by atoms with Gasteiger partial charge in [-0.25, -0.2) is 0 Å². The summed E-state index contributed by atoms with van der Waals surface area (Å²) in [6, 6.07) is 74.8. The van der Waals surface area contributed by atoms with Gasteiger partial charge in [0.05, 0.1) is 22.4 Å². The van der Waals surface area contributed by atoms with Crippen molar-refractivity contribution in [3.8, 4) is 67.3 Å². The van der Waals surface area contributed by atoms with Gasteiger partial charge in [-0.15, -0.1) is 0 Å². The number of nitrogens with zero attached hydrogens (tertiary/aromatic N) is 2. The fourth-order valence-corrected chi connectivity index (χ4v) is 8.72. The molecule has 2 heteroatoms. The monoisotopic (exact) mass is 716 g/mol. The van der Waals surface area contributed by atoms with Gasteiger partial charge in [0, 0.05) is 33.3 Å². The number of hydrogen-bond donors (Lipinski definition) is 0. The zero-order valence-electron chi connectivity index (χ0n) is 31.5. The van der Waals surface area contributed by atoms with Gasteiger partial charge in [-0.3, -0.25) is 0 Å². The molecule has 0 saturated carbocycles. The number of para-hydroxylation sites is 2. The van der Waals surface area contributed by atoms with Crippen molar-refractivity contribution in [2.75, 3.05) is 0 Å². The predicted octanol–water partition coefficient (Wildman–Crippen LogP) is 14.5. The van der Waals surface area contributed by atoms with Crippen LogP contribution < -0.4 is 0 Å². The Balaban J connectivity index is 1.19. The number of aryl methyl sites for hydroxylation is 2. The lowest BCUT2D eigenvalue weighted by Gasteiger charge is -2.18. The molecular weight excluding hydrogens is 677 g/mol. The molecule has 0 saturated heterocycles. The first-order valence-corrected chi connectivity index (χ1v) is 19.4. The minimum atomic E-state index is 1.13. The summed E-state index contributed by atoms with van der Waals surface area (Å²) in [5.74, 6) is 0. The molecule has 2 heterocycles. The lowest BCUT2D eigenvalue weighted by molar-refractivity contribution is 1.09. The first-order valence-electron chi connectivity index (χ1n) is 19.4. The number of aromatic nitrogens is 2. The second-order valence-corrected chi connectivity index (χ2v) is 14.6. The summed E-state index contributed by atoms with van der Waals surface area (Å²) < 4.78 is 4.90. The van der Waals surface area contributed by atoms with Crippen LogP contribution in [0.2, 0.25) is 0 Å². The first-order chi connectivity index (χ1) is 27.7. The van der Waals surface area contributed by atoms with Crippen LogP contribution >= 0.6 is 0 Å². The number of rotatable bonds is 7. The van der Waals surface area contributed by atoms with Gasteiger partial charge < -0.3 is 9.13 Å². The van der Waals surface area contributed by atoms with Gasteiger partial charge in [-0.2, -0.15) is 0 Å². The number of hydrogen-bond acceptors (Lipinski definition) is 0. The molecular formula is C54H40N2. The maximum Gasteiger partial charge on any atom is 0.0619 e. The summed E-state index contributed by atoms with van der Waals surface area (Å²) in [5, 5.41) is 2.55. The van der Waals surface area contributed by atoms with Crippen LogP contribution in [0.4, 0.5) is 0 Å². The van der Waals surface area contributed by atoms with Gasteiger partial charge in [0.15, 0.2) is 0 Å². The van der Waals surface area contributed by atoms with E-state index in [2.05, 4.69) is 229 Å². The van der Waals surface area contributed by atoms with E-state index in [4.69, 9.17) is 0 Å². The summed E-state index contributed by atoms with van der Waals surface area (Å²) in [4.78, 5) is 0. The van der Waals surface area contributed by atoms with E-state index in [0.717, 1.165) is 5.69 Å². The van der Waals surface area contributed by atoms with E-state index in [9.17, 15) is 0 Å². The summed E-state index contributed by atoms with van der Waals surface area (Å²) >= 11 is 0. The highest BCUT2D eigenvalue weighted by Crippen LogP contribution is 2.50. The average molecular weight is 717 g/mol. The van der Waals surface area contributed by atoms with E-state index in [-0.39, 0.29) is 0 Å². The second-order valence-electron chi connectivity index (χ2n) is 14.6. The first kappa shape index (κ1) is 33.4. The van der Waals surface area contributed by atoms with Crippen molar-refractivity contribution in [3.63, 3.8) is 0 Å². The third-order valence-corrected chi connectivity index (χ3v) is 11.2. The lowest BCUT2D eigenvalue weighted by atomic mass is 9.91. The minimum absolute atomic E-state index is 1.13. The third kappa shape index (κ3) is 5.58. The van der Waals surface area contributed by atoms with Crippen LogP contribution in [0.3, 0.4) is 0 Å². The molecule has 0 aliphatic rings. The molecule has 0 unspecified atom stereocenters. The van der Waals surface area contributed by atoms with E-state index in [0.29, 0.717) is 0 Å². The van der Waals surface area contributed by atoms with Crippen LogP contribution in [0.15, 0.2) is 206 Å². The van der Waals surface area contributed by atoms with Crippen LogP contribution in [-0.2, 0) is 0 Å². The Hall–Kier alpha value is -7.16. The van der Waals surface area contributed by atoms with Gasteiger partial charge in [-0.05, 0) is 94.8 Å². The van der Waals surface area contributed by atoms with Crippen molar-refractivity contribution in [1.29, 1.82) is 0 Å². The molecule has 0 bridgehead atoms. The normalized spacial score (nSPS) is 11.4. The Labute approximate surface area is 328 Å². The van der Waals surface area contributed by atoms with Crippen molar-refractivity contribution in [2.45, 2.75) is 13.8 Å². The van der Waals surface area contributed by atoms with Crippen molar-refractivity contribution >= 4 is 21.8 Å². The molecule has 0 aliphatic heterocycles. The highest BCUT2D eigenvalue weighted by atomic mass is 15.0. The molecule has 2 aromatic heterocycles. The number of fused-ring (bicyclic) bond motifs is 3. The zero-order valence-corrected chi connectivity index (χ0v) is 31.5. The average Bonchev–Trinajstić information content (AvgIpc) is 3.79. The molecule has 56 heavy (non-hydrogen) atoms. The molecule has 0 N–H and O–H groups in total. The standard InChI is InChI=1S/C54H40N2/c1-37-35-43(55-49-29-17-15-27-47(49)48-28-16-18-30-50(48)55)31-33-45(37)46-34-32-44(36-38(46)2)56-53(41-23-11-5-12-24-41)51(39-19-7-3-8-20-39)52(40-21-9-4-10-22-40)54(56)42-25-13-6-14-26-42/h3-36H,1-2H3. The van der Waals surface area contributed by atoms with Crippen LogP contribution in [0.1, 0.15) is 11.1 Å². The van der Waals surface area contributed by atoms with Crippen LogP contribution in [0, 0.1) is 13.8 Å². The summed E-state index contributed by atoms with van der Waals surface area (Å²) in [5.41, 5.74) is 19.2. The van der Waals surface area contributed by atoms with Gasteiger partial charge in [0.1, 0.15) is 0 Å².